The van der Waals surface area contributed by atoms with E-state index in [2.05, 4.69) is 14.6 Å². The van der Waals surface area contributed by atoms with E-state index in [9.17, 15) is 14.2 Å². The van der Waals surface area contributed by atoms with Crippen LogP contribution in [-0.4, -0.2) is 37.9 Å². The predicted octanol–water partition coefficient (Wildman–Crippen LogP) is 0.926. The lowest BCUT2D eigenvalue weighted by Gasteiger charge is -2.10. The molecule has 0 bridgehead atoms. The van der Waals surface area contributed by atoms with E-state index in [0.29, 0.717) is 0 Å². The van der Waals surface area contributed by atoms with Gasteiger partial charge in [-0.25, -0.2) is 14.2 Å². The Morgan fingerprint density at radius 2 is 2.00 bits per heavy atom. The molecule has 0 radical (unpaired) electrons. The normalized spacial score (nSPS) is 11.2. The van der Waals surface area contributed by atoms with Gasteiger partial charge in [0.05, 0.1) is 12.7 Å². The lowest BCUT2D eigenvalue weighted by molar-refractivity contribution is -0.00186. The first-order valence-electron chi connectivity index (χ1n) is 5.58. The molecule has 1 atom stereocenters. The Balaban J connectivity index is 2.72. The third kappa shape index (κ3) is 5.33. The molecule has 10 heteroatoms. The zero-order chi connectivity index (χ0) is 15.8. The van der Waals surface area contributed by atoms with Crippen LogP contribution in [-0.2, 0) is 14.0 Å². The minimum Gasteiger partial charge on any atom is -0.493 e. The summed E-state index contributed by atoms with van der Waals surface area (Å²) < 4.78 is 29.4. The Labute approximate surface area is 120 Å². The van der Waals surface area contributed by atoms with Crippen LogP contribution in [0.25, 0.3) is 0 Å². The second kappa shape index (κ2) is 8.13. The molecule has 0 heterocycles. The number of rotatable bonds is 6. The van der Waals surface area contributed by atoms with Crippen molar-refractivity contribution in [2.45, 2.75) is 0 Å². The van der Waals surface area contributed by atoms with Crippen LogP contribution in [0.2, 0.25) is 0 Å². The molecule has 1 unspecified atom stereocenters. The lowest BCUT2D eigenvalue weighted by atomic mass is 10.2. The van der Waals surface area contributed by atoms with E-state index in [1.807, 2.05) is 0 Å². The SMILES string of the molecule is CNC(=O)OCOC(=O)c1ccc(O[PH](=O)O)c(OC)c1. The molecular weight excluding hydrogens is 305 g/mol. The summed E-state index contributed by atoms with van der Waals surface area (Å²) >= 11 is 0. The summed E-state index contributed by atoms with van der Waals surface area (Å²) in [5.41, 5.74) is 0.0947. The van der Waals surface area contributed by atoms with Crippen molar-refractivity contribution in [1.29, 1.82) is 0 Å². The van der Waals surface area contributed by atoms with Crippen molar-refractivity contribution in [3.05, 3.63) is 23.8 Å². The van der Waals surface area contributed by atoms with Crippen molar-refractivity contribution in [2.75, 3.05) is 21.0 Å². The van der Waals surface area contributed by atoms with Gasteiger partial charge in [0.2, 0.25) is 6.79 Å². The van der Waals surface area contributed by atoms with E-state index in [-0.39, 0.29) is 17.1 Å². The fourth-order valence-corrected chi connectivity index (χ4v) is 1.62. The van der Waals surface area contributed by atoms with Gasteiger partial charge < -0.3 is 28.9 Å². The Morgan fingerprint density at radius 1 is 1.29 bits per heavy atom. The number of methoxy groups -OCH3 is 1. The number of ether oxygens (including phenoxy) is 3. The third-order valence-corrected chi connectivity index (χ3v) is 2.58. The maximum Gasteiger partial charge on any atom is 0.409 e. The summed E-state index contributed by atoms with van der Waals surface area (Å²) in [6.45, 7) is -0.552. The largest absolute Gasteiger partial charge is 0.493 e. The van der Waals surface area contributed by atoms with Crippen LogP contribution in [0.3, 0.4) is 0 Å². The van der Waals surface area contributed by atoms with Crippen LogP contribution in [0.4, 0.5) is 4.79 Å². The first kappa shape index (κ1) is 16.8. The Morgan fingerprint density at radius 3 is 2.57 bits per heavy atom. The van der Waals surface area contributed by atoms with Gasteiger partial charge >= 0.3 is 20.3 Å². The minimum atomic E-state index is -3.19. The van der Waals surface area contributed by atoms with E-state index in [1.165, 1.54) is 32.4 Å². The molecule has 2 N–H and O–H groups in total. The second-order valence-electron chi connectivity index (χ2n) is 3.47. The first-order valence-corrected chi connectivity index (χ1v) is 6.84. The molecule has 1 aromatic carbocycles. The van der Waals surface area contributed by atoms with E-state index >= 15 is 0 Å². The van der Waals surface area contributed by atoms with Crippen molar-refractivity contribution in [3.8, 4) is 11.5 Å². The number of esters is 1. The summed E-state index contributed by atoms with van der Waals surface area (Å²) in [4.78, 5) is 31.2. The van der Waals surface area contributed by atoms with E-state index in [0.717, 1.165) is 0 Å². The monoisotopic (exact) mass is 319 g/mol. The number of hydrogen-bond donors (Lipinski definition) is 2. The number of alkyl carbamates (subject to hydrolysis) is 1. The highest BCUT2D eigenvalue weighted by Crippen LogP contribution is 2.33. The molecule has 0 aromatic heterocycles. The topological polar surface area (TPSA) is 120 Å². The third-order valence-electron chi connectivity index (χ3n) is 2.18. The van der Waals surface area contributed by atoms with Crippen LogP contribution < -0.4 is 14.6 Å². The van der Waals surface area contributed by atoms with Crippen LogP contribution in [0, 0.1) is 0 Å². The zero-order valence-electron chi connectivity index (χ0n) is 11.2. The van der Waals surface area contributed by atoms with Gasteiger partial charge in [-0.1, -0.05) is 0 Å². The van der Waals surface area contributed by atoms with Gasteiger partial charge in [0.25, 0.3) is 0 Å². The molecule has 1 amide bonds. The fraction of sp³-hybridized carbons (Fsp3) is 0.273. The van der Waals surface area contributed by atoms with Crippen LogP contribution in [0.15, 0.2) is 18.2 Å². The second-order valence-corrected chi connectivity index (χ2v) is 4.20. The number of nitrogens with one attached hydrogen (secondary N) is 1. The molecule has 0 fully saturated rings. The molecule has 0 saturated carbocycles. The molecule has 9 nitrogen and oxygen atoms in total. The molecule has 0 aliphatic carbocycles. The molecule has 0 saturated heterocycles. The maximum absolute atomic E-state index is 11.7. The Kier molecular flexibility index (Phi) is 6.51. The quantitative estimate of drug-likeness (QED) is 0.451. The van der Waals surface area contributed by atoms with E-state index in [1.54, 1.807) is 0 Å². The molecule has 0 aliphatic heterocycles. The number of amides is 1. The number of carbonyl (C=O) groups is 2. The van der Waals surface area contributed by atoms with E-state index in [4.69, 9.17) is 14.4 Å². The fourth-order valence-electron chi connectivity index (χ4n) is 1.26. The van der Waals surface area contributed by atoms with Crippen molar-refractivity contribution in [3.63, 3.8) is 0 Å². The molecule has 0 spiro atoms. The highest BCUT2D eigenvalue weighted by molar-refractivity contribution is 7.32. The number of benzene rings is 1. The first-order chi connectivity index (χ1) is 9.97. The highest BCUT2D eigenvalue weighted by Gasteiger charge is 2.14. The summed E-state index contributed by atoms with van der Waals surface area (Å²) in [6.07, 6.45) is -0.739. The van der Waals surface area contributed by atoms with E-state index < -0.39 is 27.1 Å². The molecule has 1 rings (SSSR count). The van der Waals surface area contributed by atoms with Gasteiger partial charge in [-0.05, 0) is 18.2 Å². The smallest absolute Gasteiger partial charge is 0.409 e. The van der Waals surface area contributed by atoms with Crippen molar-refractivity contribution >= 4 is 20.3 Å². The van der Waals surface area contributed by atoms with Crippen LogP contribution in [0.1, 0.15) is 10.4 Å². The summed E-state index contributed by atoms with van der Waals surface area (Å²) in [5.74, 6) is -0.661. The number of hydrogen-bond acceptors (Lipinski definition) is 7. The van der Waals surface area contributed by atoms with Crippen LogP contribution in [0.5, 0.6) is 11.5 Å². The molecule has 116 valence electrons. The summed E-state index contributed by atoms with van der Waals surface area (Å²) in [6, 6.07) is 3.86. The molecule has 21 heavy (non-hydrogen) atoms. The average molecular weight is 319 g/mol. The summed E-state index contributed by atoms with van der Waals surface area (Å²) in [5, 5.41) is 2.18. The molecular formula is C11H14NO8P. The van der Waals surface area contributed by atoms with Gasteiger partial charge in [0.1, 0.15) is 0 Å². The molecule has 1 aromatic rings. The zero-order valence-corrected chi connectivity index (χ0v) is 12.2. The molecule has 0 aliphatic rings. The van der Waals surface area contributed by atoms with Gasteiger partial charge in [0, 0.05) is 7.05 Å². The van der Waals surface area contributed by atoms with Gasteiger partial charge in [-0.3, -0.25) is 0 Å². The average Bonchev–Trinajstić information content (AvgIpc) is 2.46. The minimum absolute atomic E-state index is 0.0158. The maximum atomic E-state index is 11.7. The standard InChI is InChI=1S/C11H14NO8P/c1-12-11(14)19-6-18-10(13)7-3-4-8(20-21(15)16)9(5-7)17-2/h3-5,21H,6H2,1-2H3,(H,12,14)(H,15,16). The van der Waals surface area contributed by atoms with Crippen LogP contribution >= 0.6 is 8.25 Å². The lowest BCUT2D eigenvalue weighted by Crippen LogP contribution is -2.21. The van der Waals surface area contributed by atoms with Gasteiger partial charge in [0.15, 0.2) is 11.5 Å². The predicted molar refractivity (Wildman–Crippen MR) is 70.7 cm³/mol. The Bertz CT molecular complexity index is 547. The van der Waals surface area contributed by atoms with Crippen molar-refractivity contribution in [2.24, 2.45) is 0 Å². The van der Waals surface area contributed by atoms with Gasteiger partial charge in [-0.15, -0.1) is 0 Å². The highest BCUT2D eigenvalue weighted by atomic mass is 31.1. The Hall–Kier alpha value is -2.25. The van der Waals surface area contributed by atoms with Crippen molar-refractivity contribution < 1.29 is 37.8 Å². The van der Waals surface area contributed by atoms with Crippen molar-refractivity contribution in [1.82, 2.24) is 5.32 Å². The summed E-state index contributed by atoms with van der Waals surface area (Å²) in [7, 11) is -0.520. The number of carbonyl (C=O) groups excluding carboxylic acids is 2. The van der Waals surface area contributed by atoms with Gasteiger partial charge in [-0.2, -0.15) is 0 Å².